The Morgan fingerprint density at radius 1 is 1.22 bits per heavy atom. The first-order valence-electron chi connectivity index (χ1n) is 5.56. The molecule has 2 heterocycles. The van der Waals surface area contributed by atoms with Crippen LogP contribution < -0.4 is 0 Å². The monoisotopic (exact) mass is 238 g/mol. The highest BCUT2D eigenvalue weighted by atomic mass is 16.3. The van der Waals surface area contributed by atoms with Crippen molar-refractivity contribution in [1.29, 1.82) is 0 Å². The molecule has 0 N–H and O–H groups in total. The molecule has 3 aromatic rings. The molecule has 0 atom stereocenters. The number of hydrogen-bond donors (Lipinski definition) is 0. The third-order valence-corrected chi connectivity index (χ3v) is 2.85. The van der Waals surface area contributed by atoms with E-state index in [-0.39, 0.29) is 5.78 Å². The minimum atomic E-state index is -0.239. The van der Waals surface area contributed by atoms with E-state index in [2.05, 4.69) is 9.97 Å². The van der Waals surface area contributed by atoms with Crippen molar-refractivity contribution in [2.24, 2.45) is 0 Å². The number of benzene rings is 1. The maximum absolute atomic E-state index is 12.2. The fraction of sp³-hybridized carbons (Fsp3) is 0.0714. The van der Waals surface area contributed by atoms with Crippen molar-refractivity contribution in [3.63, 3.8) is 0 Å². The van der Waals surface area contributed by atoms with Crippen LogP contribution in [0.4, 0.5) is 0 Å². The molecule has 3 rings (SSSR count). The molecule has 88 valence electrons. The van der Waals surface area contributed by atoms with Crippen molar-refractivity contribution in [3.8, 4) is 0 Å². The van der Waals surface area contributed by atoms with Gasteiger partial charge in [0.25, 0.3) is 0 Å². The third kappa shape index (κ3) is 1.59. The third-order valence-electron chi connectivity index (χ3n) is 2.85. The van der Waals surface area contributed by atoms with Crippen LogP contribution in [0.3, 0.4) is 0 Å². The van der Waals surface area contributed by atoms with E-state index >= 15 is 0 Å². The van der Waals surface area contributed by atoms with Gasteiger partial charge in [-0.25, -0.2) is 4.98 Å². The van der Waals surface area contributed by atoms with E-state index < -0.39 is 0 Å². The van der Waals surface area contributed by atoms with Crippen LogP contribution in [-0.2, 0) is 0 Å². The molecule has 1 aromatic carbocycles. The van der Waals surface area contributed by atoms with Gasteiger partial charge in [-0.15, -0.1) is 0 Å². The molecule has 0 amide bonds. The molecule has 0 fully saturated rings. The highest BCUT2D eigenvalue weighted by Crippen LogP contribution is 2.26. The van der Waals surface area contributed by atoms with E-state index in [1.807, 2.05) is 31.2 Å². The summed E-state index contributed by atoms with van der Waals surface area (Å²) in [5.41, 5.74) is 1.84. The molecular weight excluding hydrogens is 228 g/mol. The van der Waals surface area contributed by atoms with Crippen LogP contribution in [0.2, 0.25) is 0 Å². The summed E-state index contributed by atoms with van der Waals surface area (Å²) in [7, 11) is 0. The highest BCUT2D eigenvalue weighted by Gasteiger charge is 2.19. The lowest BCUT2D eigenvalue weighted by molar-refractivity contribution is 0.100. The SMILES string of the molecule is Cc1c(C(=O)c2cnccn2)oc2ccccc12. The van der Waals surface area contributed by atoms with E-state index in [9.17, 15) is 4.79 Å². The van der Waals surface area contributed by atoms with E-state index in [4.69, 9.17) is 4.42 Å². The van der Waals surface area contributed by atoms with Gasteiger partial charge in [0.15, 0.2) is 5.76 Å². The Bertz CT molecular complexity index is 717. The Balaban J connectivity index is 2.15. The first-order chi connectivity index (χ1) is 8.77. The zero-order valence-electron chi connectivity index (χ0n) is 9.75. The molecule has 4 nitrogen and oxygen atoms in total. The van der Waals surface area contributed by atoms with Crippen LogP contribution in [0.15, 0.2) is 47.3 Å². The van der Waals surface area contributed by atoms with E-state index in [1.54, 1.807) is 0 Å². The van der Waals surface area contributed by atoms with Crippen molar-refractivity contribution >= 4 is 16.8 Å². The smallest absolute Gasteiger partial charge is 0.248 e. The summed E-state index contributed by atoms with van der Waals surface area (Å²) in [5.74, 6) is 0.0912. The van der Waals surface area contributed by atoms with Gasteiger partial charge in [0.2, 0.25) is 5.78 Å². The highest BCUT2D eigenvalue weighted by molar-refractivity contribution is 6.09. The van der Waals surface area contributed by atoms with Crippen molar-refractivity contribution in [2.75, 3.05) is 0 Å². The molecule has 18 heavy (non-hydrogen) atoms. The first kappa shape index (κ1) is 10.7. The van der Waals surface area contributed by atoms with Gasteiger partial charge in [0.1, 0.15) is 11.3 Å². The molecule has 0 unspecified atom stereocenters. The lowest BCUT2D eigenvalue weighted by atomic mass is 10.1. The molecule has 0 aliphatic heterocycles. The normalized spacial score (nSPS) is 10.7. The second kappa shape index (κ2) is 4.07. The van der Waals surface area contributed by atoms with Crippen molar-refractivity contribution in [3.05, 3.63) is 59.9 Å². The summed E-state index contributed by atoms with van der Waals surface area (Å²) >= 11 is 0. The number of aromatic nitrogens is 2. The molecule has 2 aromatic heterocycles. The Labute approximate surface area is 103 Å². The Morgan fingerprint density at radius 2 is 2.06 bits per heavy atom. The average Bonchev–Trinajstić information content (AvgIpc) is 2.77. The zero-order chi connectivity index (χ0) is 12.5. The number of fused-ring (bicyclic) bond motifs is 1. The second-order valence-electron chi connectivity index (χ2n) is 3.97. The van der Waals surface area contributed by atoms with E-state index in [1.165, 1.54) is 18.6 Å². The van der Waals surface area contributed by atoms with E-state index in [0.29, 0.717) is 17.0 Å². The predicted molar refractivity (Wildman–Crippen MR) is 66.4 cm³/mol. The van der Waals surface area contributed by atoms with Crippen molar-refractivity contribution in [1.82, 2.24) is 9.97 Å². The largest absolute Gasteiger partial charge is 0.452 e. The lowest BCUT2D eigenvalue weighted by Crippen LogP contribution is -2.04. The molecule has 0 spiro atoms. The number of para-hydroxylation sites is 1. The number of furan rings is 1. The van der Waals surface area contributed by atoms with E-state index in [0.717, 1.165) is 10.9 Å². The van der Waals surface area contributed by atoms with Crippen molar-refractivity contribution < 1.29 is 9.21 Å². The van der Waals surface area contributed by atoms with Crippen LogP contribution in [0, 0.1) is 6.92 Å². The topological polar surface area (TPSA) is 56.0 Å². The van der Waals surface area contributed by atoms with Crippen molar-refractivity contribution in [2.45, 2.75) is 6.92 Å². The number of rotatable bonds is 2. The van der Waals surface area contributed by atoms with Gasteiger partial charge in [0, 0.05) is 23.3 Å². The van der Waals surface area contributed by atoms with Gasteiger partial charge in [-0.3, -0.25) is 9.78 Å². The Kier molecular flexibility index (Phi) is 2.41. The number of carbonyl (C=O) groups excluding carboxylic acids is 1. The minimum Gasteiger partial charge on any atom is -0.452 e. The fourth-order valence-electron chi connectivity index (χ4n) is 1.92. The second-order valence-corrected chi connectivity index (χ2v) is 3.97. The summed E-state index contributed by atoms with van der Waals surface area (Å²) in [6.07, 6.45) is 4.46. The summed E-state index contributed by atoms with van der Waals surface area (Å²) in [6, 6.07) is 7.57. The average molecular weight is 238 g/mol. The molecule has 0 radical (unpaired) electrons. The molecule has 0 bridgehead atoms. The number of hydrogen-bond acceptors (Lipinski definition) is 4. The molecule has 0 saturated heterocycles. The van der Waals surface area contributed by atoms with Crippen LogP contribution >= 0.6 is 0 Å². The Morgan fingerprint density at radius 3 is 2.78 bits per heavy atom. The number of carbonyl (C=O) groups is 1. The standard InChI is InChI=1S/C14H10N2O2/c1-9-10-4-2-3-5-12(10)18-14(9)13(17)11-8-15-6-7-16-11/h2-8H,1H3. The predicted octanol–water partition coefficient (Wildman–Crippen LogP) is 2.76. The van der Waals surface area contributed by atoms with Gasteiger partial charge in [-0.2, -0.15) is 0 Å². The number of aryl methyl sites for hydroxylation is 1. The molecule has 0 aliphatic rings. The zero-order valence-corrected chi connectivity index (χ0v) is 9.75. The Hall–Kier alpha value is -2.49. The quantitative estimate of drug-likeness (QED) is 0.644. The fourth-order valence-corrected chi connectivity index (χ4v) is 1.92. The maximum Gasteiger partial charge on any atom is 0.248 e. The number of nitrogens with zero attached hydrogens (tertiary/aromatic N) is 2. The molecule has 0 aliphatic carbocycles. The maximum atomic E-state index is 12.2. The summed E-state index contributed by atoms with van der Waals surface area (Å²) in [6.45, 7) is 1.87. The van der Waals surface area contributed by atoms with Gasteiger partial charge in [-0.05, 0) is 13.0 Å². The van der Waals surface area contributed by atoms with Crippen LogP contribution in [-0.4, -0.2) is 15.8 Å². The number of ketones is 1. The van der Waals surface area contributed by atoms with Crippen LogP contribution in [0.5, 0.6) is 0 Å². The van der Waals surface area contributed by atoms with Gasteiger partial charge < -0.3 is 4.42 Å². The summed E-state index contributed by atoms with van der Waals surface area (Å²) < 4.78 is 5.60. The lowest BCUT2D eigenvalue weighted by Gasteiger charge is -1.96. The summed E-state index contributed by atoms with van der Waals surface area (Å²) in [4.78, 5) is 20.1. The minimum absolute atomic E-state index is 0.239. The van der Waals surface area contributed by atoms with Crippen LogP contribution in [0.1, 0.15) is 21.8 Å². The molecule has 4 heteroatoms. The first-order valence-corrected chi connectivity index (χ1v) is 5.56. The molecular formula is C14H10N2O2. The van der Waals surface area contributed by atoms with Gasteiger partial charge >= 0.3 is 0 Å². The van der Waals surface area contributed by atoms with Gasteiger partial charge in [0.05, 0.1) is 6.20 Å². The van der Waals surface area contributed by atoms with Gasteiger partial charge in [-0.1, -0.05) is 18.2 Å². The summed E-state index contributed by atoms with van der Waals surface area (Å²) in [5, 5.41) is 0.949. The molecule has 0 saturated carbocycles. The van der Waals surface area contributed by atoms with Crippen LogP contribution in [0.25, 0.3) is 11.0 Å².